The second-order valence-electron chi connectivity index (χ2n) is 3.51. The van der Waals surface area contributed by atoms with Crippen molar-refractivity contribution < 1.29 is 4.39 Å². The average Bonchev–Trinajstić information content (AvgIpc) is 2.04. The highest BCUT2D eigenvalue weighted by molar-refractivity contribution is 5.07. The Morgan fingerprint density at radius 2 is 2.30 bits per heavy atom. The first-order valence-electron chi connectivity index (χ1n) is 3.79. The van der Waals surface area contributed by atoms with Gasteiger partial charge in [-0.2, -0.15) is 0 Å². The molecule has 10 heavy (non-hydrogen) atoms. The van der Waals surface area contributed by atoms with Crippen LogP contribution < -0.4 is 5.32 Å². The number of nitrogens with one attached hydrogen (secondary N) is 1. The first kappa shape index (κ1) is 6.55. The van der Waals surface area contributed by atoms with Gasteiger partial charge in [-0.1, -0.05) is 0 Å². The number of likely N-dealkylation sites (N-methyl/N-ethyl adjacent to an activating group) is 1. The summed E-state index contributed by atoms with van der Waals surface area (Å²) in [7, 11) is 2.01. The van der Waals surface area contributed by atoms with Crippen molar-refractivity contribution in [2.45, 2.75) is 18.1 Å². The Hall–Kier alpha value is -0.150. The topological polar surface area (TPSA) is 15.3 Å². The van der Waals surface area contributed by atoms with E-state index < -0.39 is 6.17 Å². The molecule has 0 aromatic heterocycles. The maximum absolute atomic E-state index is 12.8. The van der Waals surface area contributed by atoms with E-state index in [0.29, 0.717) is 6.54 Å². The van der Waals surface area contributed by atoms with Gasteiger partial charge in [0.2, 0.25) is 0 Å². The number of hydrogen-bond donors (Lipinski definition) is 1. The van der Waals surface area contributed by atoms with Gasteiger partial charge in [-0.3, -0.25) is 4.90 Å². The van der Waals surface area contributed by atoms with E-state index >= 15 is 0 Å². The van der Waals surface area contributed by atoms with E-state index in [-0.39, 0.29) is 5.54 Å². The highest BCUT2D eigenvalue weighted by Gasteiger charge is 2.47. The molecule has 0 bridgehead atoms. The number of alkyl halides is 1. The third kappa shape index (κ3) is 0.705. The van der Waals surface area contributed by atoms with Crippen LogP contribution in [0.3, 0.4) is 0 Å². The van der Waals surface area contributed by atoms with E-state index in [1.807, 2.05) is 7.05 Å². The molecular formula is C7H13FN2. The number of rotatable bonds is 0. The van der Waals surface area contributed by atoms with Crippen LogP contribution in [0.15, 0.2) is 0 Å². The molecular weight excluding hydrogens is 131 g/mol. The quantitative estimate of drug-likeness (QED) is 0.515. The molecule has 3 heteroatoms. The lowest BCUT2D eigenvalue weighted by molar-refractivity contribution is 0.105. The summed E-state index contributed by atoms with van der Waals surface area (Å²) in [6, 6.07) is 0. The second kappa shape index (κ2) is 1.92. The molecule has 0 aromatic carbocycles. The number of nitrogens with zero attached hydrogens (tertiary/aromatic N) is 1. The van der Waals surface area contributed by atoms with Crippen molar-refractivity contribution in [1.82, 2.24) is 10.2 Å². The predicted molar refractivity (Wildman–Crippen MR) is 37.7 cm³/mol. The fourth-order valence-electron chi connectivity index (χ4n) is 1.95. The Bertz CT molecular complexity index is 145. The summed E-state index contributed by atoms with van der Waals surface area (Å²) in [4.78, 5) is 2.15. The number of halogens is 1. The third-order valence-electron chi connectivity index (χ3n) is 2.79. The molecule has 2 fully saturated rings. The van der Waals surface area contributed by atoms with Gasteiger partial charge < -0.3 is 5.32 Å². The molecule has 0 amide bonds. The summed E-state index contributed by atoms with van der Waals surface area (Å²) < 4.78 is 12.8. The first-order chi connectivity index (χ1) is 4.73. The smallest absolute Gasteiger partial charge is 0.115 e. The van der Waals surface area contributed by atoms with E-state index in [0.717, 1.165) is 19.5 Å². The second-order valence-corrected chi connectivity index (χ2v) is 3.51. The van der Waals surface area contributed by atoms with Gasteiger partial charge in [0.05, 0.1) is 0 Å². The van der Waals surface area contributed by atoms with Gasteiger partial charge in [-0.15, -0.1) is 0 Å². The number of hydrogen-bond acceptors (Lipinski definition) is 2. The molecule has 1 spiro atoms. The third-order valence-corrected chi connectivity index (χ3v) is 2.79. The molecule has 0 radical (unpaired) electrons. The first-order valence-corrected chi connectivity index (χ1v) is 3.79. The molecule has 2 saturated heterocycles. The average molecular weight is 144 g/mol. The van der Waals surface area contributed by atoms with Gasteiger partial charge >= 0.3 is 0 Å². The number of likely N-dealkylation sites (tertiary alicyclic amines) is 1. The van der Waals surface area contributed by atoms with E-state index in [1.165, 1.54) is 0 Å². The predicted octanol–water partition coefficient (Wildman–Crippen LogP) is 0.00200. The molecule has 2 nitrogen and oxygen atoms in total. The molecule has 1 N–H and O–H groups in total. The zero-order chi connectivity index (χ0) is 7.19. The van der Waals surface area contributed by atoms with Crippen LogP contribution in [-0.4, -0.2) is 43.3 Å². The normalized spacial score (nSPS) is 38.4. The molecule has 2 aliphatic heterocycles. The minimum Gasteiger partial charge on any atom is -0.313 e. The van der Waals surface area contributed by atoms with E-state index in [1.54, 1.807) is 0 Å². The van der Waals surface area contributed by atoms with Crippen LogP contribution in [0.5, 0.6) is 0 Å². The molecule has 2 heterocycles. The van der Waals surface area contributed by atoms with Crippen molar-refractivity contribution in [2.75, 3.05) is 26.7 Å². The van der Waals surface area contributed by atoms with Crippen molar-refractivity contribution in [3.05, 3.63) is 0 Å². The summed E-state index contributed by atoms with van der Waals surface area (Å²) in [6.45, 7) is 2.58. The van der Waals surface area contributed by atoms with Crippen molar-refractivity contribution in [2.24, 2.45) is 0 Å². The lowest BCUT2D eigenvalue weighted by atomic mass is 9.89. The fourth-order valence-corrected chi connectivity index (χ4v) is 1.95. The summed E-state index contributed by atoms with van der Waals surface area (Å²) in [5.41, 5.74) is 0.194. The van der Waals surface area contributed by atoms with Crippen LogP contribution in [0.4, 0.5) is 4.39 Å². The largest absolute Gasteiger partial charge is 0.313 e. The molecule has 58 valence electrons. The van der Waals surface area contributed by atoms with Crippen molar-refractivity contribution in [3.8, 4) is 0 Å². The standard InChI is InChI=1S/C7H13FN2/c1-10-3-6(8)2-7(10)4-9-5-7/h6,9H,2-5H2,1H3. The Labute approximate surface area is 60.4 Å². The maximum atomic E-state index is 12.8. The molecule has 2 rings (SSSR count). The molecule has 0 aliphatic carbocycles. The van der Waals surface area contributed by atoms with Crippen LogP contribution in [0.2, 0.25) is 0 Å². The van der Waals surface area contributed by atoms with Gasteiger partial charge in [0.25, 0.3) is 0 Å². The molecule has 0 saturated carbocycles. The van der Waals surface area contributed by atoms with Crippen LogP contribution in [0.1, 0.15) is 6.42 Å². The SMILES string of the molecule is CN1CC(F)CC12CNC2. The van der Waals surface area contributed by atoms with E-state index in [9.17, 15) is 4.39 Å². The van der Waals surface area contributed by atoms with Crippen molar-refractivity contribution in [1.29, 1.82) is 0 Å². The Morgan fingerprint density at radius 3 is 2.50 bits per heavy atom. The maximum Gasteiger partial charge on any atom is 0.115 e. The Morgan fingerprint density at radius 1 is 1.60 bits per heavy atom. The fraction of sp³-hybridized carbons (Fsp3) is 1.00. The Balaban J connectivity index is 2.08. The molecule has 0 aromatic rings. The summed E-state index contributed by atoms with van der Waals surface area (Å²) in [5, 5.41) is 3.19. The zero-order valence-electron chi connectivity index (χ0n) is 6.23. The summed E-state index contributed by atoms with van der Waals surface area (Å²) in [5.74, 6) is 0. The lowest BCUT2D eigenvalue weighted by Gasteiger charge is -2.44. The van der Waals surface area contributed by atoms with Crippen LogP contribution in [0.25, 0.3) is 0 Å². The highest BCUT2D eigenvalue weighted by Crippen LogP contribution is 2.32. The van der Waals surface area contributed by atoms with Gasteiger partial charge in [0, 0.05) is 31.6 Å². The minimum absolute atomic E-state index is 0.194. The van der Waals surface area contributed by atoms with E-state index in [4.69, 9.17) is 0 Å². The highest BCUT2D eigenvalue weighted by atomic mass is 19.1. The molecule has 2 aliphatic rings. The minimum atomic E-state index is -0.591. The van der Waals surface area contributed by atoms with Crippen molar-refractivity contribution in [3.63, 3.8) is 0 Å². The van der Waals surface area contributed by atoms with Gasteiger partial charge in [0.1, 0.15) is 6.17 Å². The van der Waals surface area contributed by atoms with Crippen LogP contribution >= 0.6 is 0 Å². The Kier molecular flexibility index (Phi) is 1.26. The zero-order valence-corrected chi connectivity index (χ0v) is 6.23. The summed E-state index contributed by atoms with van der Waals surface area (Å²) in [6.07, 6.45) is 0.142. The van der Waals surface area contributed by atoms with Gasteiger partial charge in [0.15, 0.2) is 0 Å². The monoisotopic (exact) mass is 144 g/mol. The van der Waals surface area contributed by atoms with Crippen LogP contribution in [0, 0.1) is 0 Å². The molecule has 1 atom stereocenters. The van der Waals surface area contributed by atoms with Gasteiger partial charge in [-0.05, 0) is 7.05 Å². The van der Waals surface area contributed by atoms with Gasteiger partial charge in [-0.25, -0.2) is 4.39 Å². The van der Waals surface area contributed by atoms with Crippen molar-refractivity contribution >= 4 is 0 Å². The molecule has 1 unspecified atom stereocenters. The van der Waals surface area contributed by atoms with E-state index in [2.05, 4.69) is 10.2 Å². The summed E-state index contributed by atoms with van der Waals surface area (Å²) >= 11 is 0. The van der Waals surface area contributed by atoms with Crippen LogP contribution in [-0.2, 0) is 0 Å². The lowest BCUT2D eigenvalue weighted by Crippen LogP contribution is -2.65.